The Morgan fingerprint density at radius 1 is 1.10 bits per heavy atom. The molecule has 8 nitrogen and oxygen atoms in total. The van der Waals surface area contributed by atoms with Crippen molar-refractivity contribution in [3.05, 3.63) is 62.2 Å². The zero-order valence-electron chi connectivity index (χ0n) is 15.7. The van der Waals surface area contributed by atoms with E-state index in [9.17, 15) is 9.59 Å². The number of aromatic nitrogens is 6. The van der Waals surface area contributed by atoms with Crippen molar-refractivity contribution < 1.29 is 0 Å². The van der Waals surface area contributed by atoms with Crippen molar-refractivity contribution in [1.29, 1.82) is 0 Å². The fraction of sp³-hybridized carbons (Fsp3) is 0.211. The Labute approximate surface area is 172 Å². The van der Waals surface area contributed by atoms with Gasteiger partial charge in [-0.3, -0.25) is 23.1 Å². The molecule has 0 radical (unpaired) electrons. The van der Waals surface area contributed by atoms with Gasteiger partial charge in [-0.05, 0) is 30.5 Å². The molecule has 0 unspecified atom stereocenters. The third kappa shape index (κ3) is 2.70. The minimum absolute atomic E-state index is 0.0520. The molecule has 4 aromatic heterocycles. The molecule has 5 rings (SSSR count). The Balaban J connectivity index is 1.64. The standard InChI is InChI=1S/C19H16N6O2S2/c1-3-24-16(26)11-6-4-5-7-13(11)25-14(21-22-18(24)25)10-29-19-20-12-8-9-28-15(12)17(27)23(19)2/h4-9H,3,10H2,1-2H3. The molecule has 10 heteroatoms. The summed E-state index contributed by atoms with van der Waals surface area (Å²) >= 11 is 2.82. The Morgan fingerprint density at radius 3 is 2.76 bits per heavy atom. The number of para-hydroxylation sites is 1. The van der Waals surface area contributed by atoms with Crippen molar-refractivity contribution in [3.8, 4) is 0 Å². The predicted molar refractivity (Wildman–Crippen MR) is 115 cm³/mol. The molecule has 0 saturated carbocycles. The van der Waals surface area contributed by atoms with Crippen molar-refractivity contribution in [2.45, 2.75) is 24.4 Å². The third-order valence-corrected chi connectivity index (χ3v) is 6.79. The molecule has 1 aromatic carbocycles. The van der Waals surface area contributed by atoms with E-state index in [0.29, 0.717) is 44.7 Å². The van der Waals surface area contributed by atoms with Gasteiger partial charge in [-0.1, -0.05) is 23.9 Å². The smallest absolute Gasteiger partial charge is 0.271 e. The van der Waals surface area contributed by atoms with Gasteiger partial charge in [0.15, 0.2) is 5.16 Å². The van der Waals surface area contributed by atoms with E-state index in [0.717, 1.165) is 5.52 Å². The summed E-state index contributed by atoms with van der Waals surface area (Å²) in [5.41, 5.74) is 1.35. The molecule has 0 aliphatic carbocycles. The Hall–Kier alpha value is -2.98. The lowest BCUT2D eigenvalue weighted by Gasteiger charge is -2.10. The topological polar surface area (TPSA) is 87.1 Å². The van der Waals surface area contributed by atoms with Gasteiger partial charge in [0.05, 0.1) is 22.2 Å². The molecule has 5 aromatic rings. The van der Waals surface area contributed by atoms with Crippen molar-refractivity contribution in [2.24, 2.45) is 7.05 Å². The first-order chi connectivity index (χ1) is 14.1. The minimum Gasteiger partial charge on any atom is -0.290 e. The lowest BCUT2D eigenvalue weighted by atomic mass is 10.2. The van der Waals surface area contributed by atoms with Crippen LogP contribution in [0.5, 0.6) is 0 Å². The maximum absolute atomic E-state index is 12.8. The number of benzene rings is 1. The maximum atomic E-state index is 12.8. The Bertz CT molecular complexity index is 1510. The van der Waals surface area contributed by atoms with E-state index < -0.39 is 0 Å². The minimum atomic E-state index is -0.0748. The Morgan fingerprint density at radius 2 is 1.93 bits per heavy atom. The molecule has 146 valence electrons. The first-order valence-corrected chi connectivity index (χ1v) is 10.9. The molecule has 0 spiro atoms. The summed E-state index contributed by atoms with van der Waals surface area (Å²) in [6.07, 6.45) is 0. The molecule has 0 N–H and O–H groups in total. The van der Waals surface area contributed by atoms with Crippen molar-refractivity contribution in [1.82, 2.24) is 28.7 Å². The molecule has 0 amide bonds. The number of thioether (sulfide) groups is 1. The van der Waals surface area contributed by atoms with Gasteiger partial charge in [-0.15, -0.1) is 21.5 Å². The van der Waals surface area contributed by atoms with Crippen LogP contribution >= 0.6 is 23.1 Å². The summed E-state index contributed by atoms with van der Waals surface area (Å²) < 4.78 is 5.75. The lowest BCUT2D eigenvalue weighted by molar-refractivity contribution is 0.727. The summed E-state index contributed by atoms with van der Waals surface area (Å²) in [6, 6.07) is 9.31. The van der Waals surface area contributed by atoms with Crippen LogP contribution in [0.1, 0.15) is 12.7 Å². The molecule has 4 heterocycles. The molecule has 0 fully saturated rings. The maximum Gasteiger partial charge on any atom is 0.271 e. The molecule has 0 aliphatic heterocycles. The summed E-state index contributed by atoms with van der Waals surface area (Å²) in [7, 11) is 1.73. The number of aryl methyl sites for hydroxylation is 1. The quantitative estimate of drug-likeness (QED) is 0.326. The van der Waals surface area contributed by atoms with Gasteiger partial charge in [0, 0.05) is 13.6 Å². The van der Waals surface area contributed by atoms with Crippen LogP contribution in [0.25, 0.3) is 26.9 Å². The highest BCUT2D eigenvalue weighted by Crippen LogP contribution is 2.24. The van der Waals surface area contributed by atoms with Gasteiger partial charge in [-0.25, -0.2) is 4.98 Å². The summed E-state index contributed by atoms with van der Waals surface area (Å²) in [5, 5.41) is 11.7. The van der Waals surface area contributed by atoms with Crippen LogP contribution in [0.4, 0.5) is 0 Å². The normalized spacial score (nSPS) is 11.8. The van der Waals surface area contributed by atoms with Crippen LogP contribution in [0.15, 0.2) is 50.5 Å². The summed E-state index contributed by atoms with van der Waals surface area (Å²) in [6.45, 7) is 2.42. The molecular weight excluding hydrogens is 408 g/mol. The molecule has 0 saturated heterocycles. The average Bonchev–Trinajstić information content (AvgIpc) is 3.37. The zero-order chi connectivity index (χ0) is 20.1. The third-order valence-electron chi connectivity index (χ3n) is 4.87. The summed E-state index contributed by atoms with van der Waals surface area (Å²) in [5.74, 6) is 1.67. The number of hydrogen-bond donors (Lipinski definition) is 0. The largest absolute Gasteiger partial charge is 0.290 e. The fourth-order valence-corrected chi connectivity index (χ4v) is 5.11. The highest BCUT2D eigenvalue weighted by molar-refractivity contribution is 7.98. The van der Waals surface area contributed by atoms with Gasteiger partial charge in [0.2, 0.25) is 5.78 Å². The van der Waals surface area contributed by atoms with Crippen molar-refractivity contribution >= 4 is 50.0 Å². The van der Waals surface area contributed by atoms with Gasteiger partial charge < -0.3 is 0 Å². The van der Waals surface area contributed by atoms with Crippen molar-refractivity contribution in [3.63, 3.8) is 0 Å². The van der Waals surface area contributed by atoms with E-state index in [1.807, 2.05) is 47.0 Å². The number of hydrogen-bond acceptors (Lipinski definition) is 7. The van der Waals surface area contributed by atoms with E-state index >= 15 is 0 Å². The molecule has 0 atom stereocenters. The van der Waals surface area contributed by atoms with Crippen molar-refractivity contribution in [2.75, 3.05) is 0 Å². The Kier molecular flexibility index (Phi) is 4.25. The monoisotopic (exact) mass is 424 g/mol. The molecule has 0 aliphatic rings. The van der Waals surface area contributed by atoms with Crippen LogP contribution in [0, 0.1) is 0 Å². The van der Waals surface area contributed by atoms with Crippen LogP contribution in [-0.4, -0.2) is 28.7 Å². The fourth-order valence-electron chi connectivity index (χ4n) is 3.42. The molecular formula is C19H16N6O2S2. The van der Waals surface area contributed by atoms with E-state index in [1.54, 1.807) is 16.2 Å². The van der Waals surface area contributed by atoms with Gasteiger partial charge in [0.25, 0.3) is 11.1 Å². The molecule has 29 heavy (non-hydrogen) atoms. The van der Waals surface area contributed by atoms with E-state index in [4.69, 9.17) is 0 Å². The first-order valence-electron chi connectivity index (χ1n) is 9.02. The number of thiophene rings is 1. The molecule has 0 bridgehead atoms. The second kappa shape index (κ2) is 6.82. The predicted octanol–water partition coefficient (Wildman–Crippen LogP) is 2.66. The van der Waals surface area contributed by atoms with E-state index in [-0.39, 0.29) is 11.1 Å². The highest BCUT2D eigenvalue weighted by atomic mass is 32.2. The summed E-state index contributed by atoms with van der Waals surface area (Å²) in [4.78, 5) is 29.9. The van der Waals surface area contributed by atoms with Gasteiger partial charge in [-0.2, -0.15) is 0 Å². The van der Waals surface area contributed by atoms with Gasteiger partial charge >= 0.3 is 0 Å². The van der Waals surface area contributed by atoms with Crippen LogP contribution in [0.3, 0.4) is 0 Å². The average molecular weight is 425 g/mol. The van der Waals surface area contributed by atoms with Gasteiger partial charge in [0.1, 0.15) is 10.5 Å². The van der Waals surface area contributed by atoms with Crippen LogP contribution in [-0.2, 0) is 19.3 Å². The first kappa shape index (κ1) is 18.1. The van der Waals surface area contributed by atoms with Crippen LogP contribution in [0.2, 0.25) is 0 Å². The van der Waals surface area contributed by atoms with E-state index in [1.165, 1.54) is 23.1 Å². The lowest BCUT2D eigenvalue weighted by Crippen LogP contribution is -2.22. The second-order valence-corrected chi connectivity index (χ2v) is 8.36. The SMILES string of the molecule is CCn1c(=O)c2ccccc2n2c(CSc3nc4ccsc4c(=O)n3C)nnc12. The van der Waals surface area contributed by atoms with E-state index in [2.05, 4.69) is 15.2 Å². The number of nitrogens with zero attached hydrogens (tertiary/aromatic N) is 6. The highest BCUT2D eigenvalue weighted by Gasteiger charge is 2.17. The number of fused-ring (bicyclic) bond motifs is 4. The zero-order valence-corrected chi connectivity index (χ0v) is 17.3. The van der Waals surface area contributed by atoms with Crippen LogP contribution < -0.4 is 11.1 Å². The second-order valence-electron chi connectivity index (χ2n) is 6.50. The number of rotatable bonds is 4.